The molecular weight excluding hydrogens is 336 g/mol. The molecule has 0 atom stereocenters. The Hall–Kier alpha value is -2.37. The van der Waals surface area contributed by atoms with E-state index >= 15 is 0 Å². The third kappa shape index (κ3) is 3.83. The summed E-state index contributed by atoms with van der Waals surface area (Å²) in [5.74, 6) is -0.963. The average Bonchev–Trinajstić information content (AvgIpc) is 2.52. The summed E-state index contributed by atoms with van der Waals surface area (Å²) in [6.45, 7) is 4.79. The highest BCUT2D eigenvalue weighted by molar-refractivity contribution is 6.01. The number of ether oxygens (including phenoxy) is 1. The van der Waals surface area contributed by atoms with Gasteiger partial charge in [-0.2, -0.15) is 13.2 Å². The first kappa shape index (κ1) is 19.0. The first-order valence-corrected chi connectivity index (χ1v) is 7.66. The van der Waals surface area contributed by atoms with Gasteiger partial charge < -0.3 is 4.74 Å². The minimum absolute atomic E-state index is 0.0885. The molecule has 0 saturated carbocycles. The molecule has 0 aromatic heterocycles. The smallest absolute Gasteiger partial charge is 0.416 e. The highest BCUT2D eigenvalue weighted by atomic mass is 19.4. The summed E-state index contributed by atoms with van der Waals surface area (Å²) in [6, 6.07) is 5.65. The molecule has 0 saturated heterocycles. The van der Waals surface area contributed by atoms with Crippen molar-refractivity contribution in [3.8, 4) is 16.9 Å². The van der Waals surface area contributed by atoms with E-state index in [2.05, 4.69) is 0 Å². The summed E-state index contributed by atoms with van der Waals surface area (Å²) >= 11 is 0. The fourth-order valence-corrected chi connectivity index (χ4v) is 2.64. The monoisotopic (exact) mass is 354 g/mol. The predicted molar refractivity (Wildman–Crippen MR) is 87.5 cm³/mol. The molecule has 0 spiro atoms. The Morgan fingerprint density at radius 1 is 1.08 bits per heavy atom. The molecule has 2 nitrogen and oxygen atoms in total. The summed E-state index contributed by atoms with van der Waals surface area (Å²) in [7, 11) is 1.34. The van der Waals surface area contributed by atoms with Gasteiger partial charge in [-0.05, 0) is 42.2 Å². The lowest BCUT2D eigenvalue weighted by Gasteiger charge is -2.17. The summed E-state index contributed by atoms with van der Waals surface area (Å²) in [5, 5.41) is 0. The maximum atomic E-state index is 14.2. The van der Waals surface area contributed by atoms with Crippen LogP contribution in [0.2, 0.25) is 0 Å². The van der Waals surface area contributed by atoms with Crippen molar-refractivity contribution < 1.29 is 27.1 Å². The summed E-state index contributed by atoms with van der Waals surface area (Å²) in [4.78, 5) is 11.9. The van der Waals surface area contributed by atoms with E-state index in [9.17, 15) is 22.4 Å². The highest BCUT2D eigenvalue weighted by Crippen LogP contribution is 2.39. The molecule has 0 heterocycles. The molecule has 134 valence electrons. The molecule has 0 amide bonds. The van der Waals surface area contributed by atoms with Crippen molar-refractivity contribution in [2.75, 3.05) is 7.11 Å². The lowest BCUT2D eigenvalue weighted by molar-refractivity contribution is -0.137. The second-order valence-electron chi connectivity index (χ2n) is 6.04. The quantitative estimate of drug-likeness (QED) is 0.509. The van der Waals surface area contributed by atoms with Crippen LogP contribution in [-0.4, -0.2) is 12.9 Å². The molecule has 0 N–H and O–H groups in total. The molecule has 0 radical (unpaired) electrons. The van der Waals surface area contributed by atoms with Crippen LogP contribution in [-0.2, 0) is 6.18 Å². The fourth-order valence-electron chi connectivity index (χ4n) is 2.64. The number of carbonyl (C=O) groups is 1. The molecule has 0 bridgehead atoms. The predicted octanol–water partition coefficient (Wildman–Crippen LogP) is 5.85. The zero-order valence-corrected chi connectivity index (χ0v) is 14.3. The molecule has 0 aliphatic heterocycles. The van der Waals surface area contributed by atoms with Crippen molar-refractivity contribution in [3.05, 3.63) is 52.8 Å². The number of hydrogen-bond acceptors (Lipinski definition) is 2. The van der Waals surface area contributed by atoms with Gasteiger partial charge >= 0.3 is 6.18 Å². The minimum atomic E-state index is -4.56. The van der Waals surface area contributed by atoms with Gasteiger partial charge in [-0.25, -0.2) is 4.39 Å². The van der Waals surface area contributed by atoms with Gasteiger partial charge in [-0.15, -0.1) is 0 Å². The molecule has 0 aliphatic carbocycles. The van der Waals surface area contributed by atoms with Gasteiger partial charge in [0.1, 0.15) is 11.6 Å². The van der Waals surface area contributed by atoms with Crippen molar-refractivity contribution >= 4 is 5.78 Å². The third-order valence-electron chi connectivity index (χ3n) is 3.96. The molecule has 6 heteroatoms. The Balaban J connectivity index is 2.77. The first-order chi connectivity index (χ1) is 11.6. The standard InChI is InChI=1S/C19H18F4O2/c1-10(2)14-8-16(18(25-4)9-17(14)20)13-6-5-12(19(21,22)23)7-15(13)11(3)24/h5-10H,1-4H3. The van der Waals surface area contributed by atoms with Crippen molar-refractivity contribution in [3.63, 3.8) is 0 Å². The zero-order chi connectivity index (χ0) is 18.9. The number of ketones is 1. The lowest BCUT2D eigenvalue weighted by Crippen LogP contribution is -2.08. The van der Waals surface area contributed by atoms with E-state index in [4.69, 9.17) is 4.74 Å². The van der Waals surface area contributed by atoms with Crippen LogP contribution in [0.1, 0.15) is 48.2 Å². The van der Waals surface area contributed by atoms with Gasteiger partial charge in [0.25, 0.3) is 0 Å². The Morgan fingerprint density at radius 3 is 2.20 bits per heavy atom. The lowest BCUT2D eigenvalue weighted by atomic mass is 9.91. The van der Waals surface area contributed by atoms with Gasteiger partial charge in [0, 0.05) is 17.2 Å². The number of hydrogen-bond donors (Lipinski definition) is 0. The van der Waals surface area contributed by atoms with Gasteiger partial charge in [0.05, 0.1) is 12.7 Å². The topological polar surface area (TPSA) is 26.3 Å². The number of rotatable bonds is 4. The number of methoxy groups -OCH3 is 1. The van der Waals surface area contributed by atoms with Crippen LogP contribution in [0, 0.1) is 5.82 Å². The number of Topliss-reactive ketones (excluding diaryl/α,β-unsaturated/α-hetero) is 1. The Bertz CT molecular complexity index is 808. The maximum absolute atomic E-state index is 14.2. The van der Waals surface area contributed by atoms with Crippen LogP contribution in [0.5, 0.6) is 5.75 Å². The van der Waals surface area contributed by atoms with Crippen LogP contribution < -0.4 is 4.74 Å². The van der Waals surface area contributed by atoms with E-state index in [1.54, 1.807) is 13.8 Å². The Morgan fingerprint density at radius 2 is 1.72 bits per heavy atom. The Labute approximate surface area is 143 Å². The molecule has 25 heavy (non-hydrogen) atoms. The van der Waals surface area contributed by atoms with Crippen LogP contribution in [0.15, 0.2) is 30.3 Å². The first-order valence-electron chi connectivity index (χ1n) is 7.66. The molecule has 2 rings (SSSR count). The van der Waals surface area contributed by atoms with Crippen molar-refractivity contribution in [1.82, 2.24) is 0 Å². The highest BCUT2D eigenvalue weighted by Gasteiger charge is 2.32. The van der Waals surface area contributed by atoms with E-state index in [0.717, 1.165) is 12.1 Å². The van der Waals surface area contributed by atoms with Crippen LogP contribution >= 0.6 is 0 Å². The van der Waals surface area contributed by atoms with E-state index in [1.165, 1.54) is 32.2 Å². The zero-order valence-electron chi connectivity index (χ0n) is 14.3. The maximum Gasteiger partial charge on any atom is 0.416 e. The SMILES string of the molecule is COc1cc(F)c(C(C)C)cc1-c1ccc(C(F)(F)F)cc1C(C)=O. The molecule has 2 aromatic carbocycles. The normalized spacial score (nSPS) is 11.7. The number of halogens is 4. The minimum Gasteiger partial charge on any atom is -0.496 e. The van der Waals surface area contributed by atoms with Gasteiger partial charge in [-0.3, -0.25) is 4.79 Å². The largest absolute Gasteiger partial charge is 0.496 e. The third-order valence-corrected chi connectivity index (χ3v) is 3.96. The average molecular weight is 354 g/mol. The summed E-state index contributed by atoms with van der Waals surface area (Å²) in [5.41, 5.74) is 0.0528. The second kappa shape index (κ2) is 6.86. The number of benzene rings is 2. The van der Waals surface area contributed by atoms with Crippen molar-refractivity contribution in [2.24, 2.45) is 0 Å². The molecule has 0 fully saturated rings. The van der Waals surface area contributed by atoms with Gasteiger partial charge in [-0.1, -0.05) is 19.9 Å². The van der Waals surface area contributed by atoms with Crippen LogP contribution in [0.4, 0.5) is 17.6 Å². The summed E-state index contributed by atoms with van der Waals surface area (Å²) < 4.78 is 58.2. The van der Waals surface area contributed by atoms with E-state index in [-0.39, 0.29) is 22.8 Å². The van der Waals surface area contributed by atoms with Crippen molar-refractivity contribution in [2.45, 2.75) is 32.9 Å². The second-order valence-corrected chi connectivity index (χ2v) is 6.04. The van der Waals surface area contributed by atoms with Gasteiger partial charge in [0.15, 0.2) is 5.78 Å². The summed E-state index contributed by atoms with van der Waals surface area (Å²) in [6.07, 6.45) is -4.56. The Kier molecular flexibility index (Phi) is 5.20. The van der Waals surface area contributed by atoms with Crippen LogP contribution in [0.3, 0.4) is 0 Å². The van der Waals surface area contributed by atoms with Gasteiger partial charge in [0.2, 0.25) is 0 Å². The molecule has 0 unspecified atom stereocenters. The van der Waals surface area contributed by atoms with E-state index < -0.39 is 23.3 Å². The fraction of sp³-hybridized carbons (Fsp3) is 0.316. The molecular formula is C19H18F4O2. The van der Waals surface area contributed by atoms with E-state index in [1.807, 2.05) is 0 Å². The number of alkyl halides is 3. The van der Waals surface area contributed by atoms with Crippen molar-refractivity contribution in [1.29, 1.82) is 0 Å². The molecule has 0 aliphatic rings. The number of carbonyl (C=O) groups excluding carboxylic acids is 1. The molecule has 2 aromatic rings. The van der Waals surface area contributed by atoms with Crippen LogP contribution in [0.25, 0.3) is 11.1 Å². The van der Waals surface area contributed by atoms with E-state index in [0.29, 0.717) is 11.1 Å².